The standard InChI is InChI=1S/C44H40FN7O2/c1-2-54-43(53)37-33-22-23-34(32-21-20-31(32)33)38(37)47-40-36-19-12-24-51(36)50-41(48-40)39-35-25-30(45)26-46-42(35)52(49-39)44(27-13-6-3-7-14-27,28-15-8-4-9-16-28)29-17-10-5-11-18-29/h3-19,24-26,31-34,37-38H,2,20-23H2,1H3,(H,47,48,50)/t31?,32?,33-,34+,37-,38-/m0/s1. The molecule has 0 saturated heterocycles. The topological polar surface area (TPSA) is 99.2 Å². The Labute approximate surface area is 312 Å². The van der Waals surface area contributed by atoms with Crippen LogP contribution in [0.5, 0.6) is 0 Å². The van der Waals surface area contributed by atoms with Crippen LogP contribution >= 0.6 is 0 Å². The fourth-order valence-electron chi connectivity index (χ4n) is 10.2. The number of pyridine rings is 1. The number of nitrogens with one attached hydrogen (secondary N) is 1. The van der Waals surface area contributed by atoms with Gasteiger partial charge in [0.1, 0.15) is 22.6 Å². The molecule has 0 aliphatic heterocycles. The number of carbonyl (C=O) groups excluding carboxylic acids is 1. The van der Waals surface area contributed by atoms with Crippen LogP contribution in [0, 0.1) is 35.4 Å². The molecule has 9 nitrogen and oxygen atoms in total. The average molecular weight is 718 g/mol. The van der Waals surface area contributed by atoms with Crippen molar-refractivity contribution in [2.75, 3.05) is 11.9 Å². The van der Waals surface area contributed by atoms with Crippen molar-refractivity contribution in [3.8, 4) is 11.5 Å². The van der Waals surface area contributed by atoms with Crippen molar-refractivity contribution >= 4 is 28.3 Å². The SMILES string of the molecule is CCOC(=O)[C@@H]1[C@@H](Nc2nc(-c3nn(C(c4ccccc4)(c4ccccc4)c4ccccc4)c4ncc(F)cc34)nn3cccc23)[C@@H]2CC[C@H]1C1CCC12. The Morgan fingerprint density at radius 2 is 1.43 bits per heavy atom. The highest BCUT2D eigenvalue weighted by molar-refractivity contribution is 5.90. The Kier molecular flexibility index (Phi) is 7.82. The highest BCUT2D eigenvalue weighted by Crippen LogP contribution is 2.60. The Morgan fingerprint density at radius 1 is 0.815 bits per heavy atom. The van der Waals surface area contributed by atoms with E-state index in [-0.39, 0.29) is 17.9 Å². The molecule has 1 N–H and O–H groups in total. The van der Waals surface area contributed by atoms with Gasteiger partial charge in [0, 0.05) is 12.2 Å². The highest BCUT2D eigenvalue weighted by atomic mass is 19.1. The Morgan fingerprint density at radius 3 is 2.06 bits per heavy atom. The van der Waals surface area contributed by atoms with Gasteiger partial charge < -0.3 is 10.1 Å². The van der Waals surface area contributed by atoms with E-state index in [1.165, 1.54) is 25.1 Å². The quantitative estimate of drug-likeness (QED) is 0.119. The third-order valence-corrected chi connectivity index (χ3v) is 12.5. The van der Waals surface area contributed by atoms with Gasteiger partial charge in [0.2, 0.25) is 5.82 Å². The summed E-state index contributed by atoms with van der Waals surface area (Å²) in [6, 6.07) is 35.9. The molecule has 7 aromatic rings. The van der Waals surface area contributed by atoms with Gasteiger partial charge in [0.25, 0.3) is 0 Å². The summed E-state index contributed by atoms with van der Waals surface area (Å²) in [6.07, 6.45) is 7.63. The first-order valence-electron chi connectivity index (χ1n) is 19.1. The molecule has 4 aliphatic rings. The van der Waals surface area contributed by atoms with E-state index in [2.05, 4.69) is 41.7 Å². The van der Waals surface area contributed by atoms with E-state index in [4.69, 9.17) is 24.9 Å². The fraction of sp³-hybridized carbons (Fsp3) is 0.295. The van der Waals surface area contributed by atoms with E-state index < -0.39 is 11.4 Å². The van der Waals surface area contributed by atoms with Gasteiger partial charge >= 0.3 is 5.97 Å². The number of esters is 1. The molecular formula is C44H40FN7O2. The molecule has 4 heterocycles. The van der Waals surface area contributed by atoms with Gasteiger partial charge in [-0.15, -0.1) is 5.10 Å². The molecule has 2 unspecified atom stereocenters. The zero-order chi connectivity index (χ0) is 36.4. The lowest BCUT2D eigenvalue weighted by Gasteiger charge is -2.61. The first kappa shape index (κ1) is 32.7. The van der Waals surface area contributed by atoms with Crippen molar-refractivity contribution < 1.29 is 13.9 Å². The molecule has 270 valence electrons. The smallest absolute Gasteiger partial charge is 0.311 e. The van der Waals surface area contributed by atoms with Crippen LogP contribution in [0.25, 0.3) is 28.1 Å². The molecule has 2 bridgehead atoms. The van der Waals surface area contributed by atoms with Crippen LogP contribution < -0.4 is 5.32 Å². The van der Waals surface area contributed by atoms with Crippen molar-refractivity contribution in [3.63, 3.8) is 0 Å². The Bertz CT molecular complexity index is 2390. The molecule has 4 saturated carbocycles. The monoisotopic (exact) mass is 717 g/mol. The van der Waals surface area contributed by atoms with Crippen molar-refractivity contribution in [1.82, 2.24) is 29.4 Å². The second-order valence-corrected chi connectivity index (χ2v) is 15.0. The molecule has 10 heteroatoms. The number of carbonyl (C=O) groups is 1. The van der Waals surface area contributed by atoms with Crippen molar-refractivity contribution in [3.05, 3.63) is 144 Å². The van der Waals surface area contributed by atoms with Gasteiger partial charge in [0.05, 0.1) is 24.1 Å². The molecular weight excluding hydrogens is 678 g/mol. The Balaban J connectivity index is 1.18. The summed E-state index contributed by atoms with van der Waals surface area (Å²) < 4.78 is 24.7. The summed E-state index contributed by atoms with van der Waals surface area (Å²) in [5, 5.41) is 14.6. The van der Waals surface area contributed by atoms with E-state index in [9.17, 15) is 4.79 Å². The highest BCUT2D eigenvalue weighted by Gasteiger charge is 2.59. The molecule has 0 radical (unpaired) electrons. The van der Waals surface area contributed by atoms with Crippen LogP contribution in [0.2, 0.25) is 0 Å². The summed E-state index contributed by atoms with van der Waals surface area (Å²) in [5.41, 5.74) is 3.54. The lowest BCUT2D eigenvalue weighted by atomic mass is 9.46. The summed E-state index contributed by atoms with van der Waals surface area (Å²) in [4.78, 5) is 23.6. The van der Waals surface area contributed by atoms with Crippen LogP contribution in [0.4, 0.5) is 10.2 Å². The van der Waals surface area contributed by atoms with Crippen LogP contribution in [0.15, 0.2) is 122 Å². The fourth-order valence-corrected chi connectivity index (χ4v) is 10.2. The van der Waals surface area contributed by atoms with E-state index in [0.717, 1.165) is 35.0 Å². The summed E-state index contributed by atoms with van der Waals surface area (Å²) in [5.74, 6) is 1.90. The lowest BCUT2D eigenvalue weighted by molar-refractivity contribution is -0.166. The minimum Gasteiger partial charge on any atom is -0.466 e. The van der Waals surface area contributed by atoms with Crippen molar-refractivity contribution in [2.45, 2.75) is 44.2 Å². The second kappa shape index (κ2) is 12.9. The molecule has 0 spiro atoms. The van der Waals surface area contributed by atoms with Crippen LogP contribution in [0.1, 0.15) is 49.3 Å². The second-order valence-electron chi connectivity index (χ2n) is 15.0. The number of hydrogen-bond donors (Lipinski definition) is 1. The molecule has 4 fully saturated rings. The third kappa shape index (κ3) is 4.92. The van der Waals surface area contributed by atoms with Crippen LogP contribution in [-0.2, 0) is 15.1 Å². The summed E-state index contributed by atoms with van der Waals surface area (Å²) in [6.45, 7) is 2.22. The number of nitrogens with zero attached hydrogens (tertiary/aromatic N) is 6. The predicted molar refractivity (Wildman–Crippen MR) is 204 cm³/mol. The Hall–Kier alpha value is -5.90. The number of aromatic nitrogens is 6. The first-order valence-corrected chi connectivity index (χ1v) is 19.1. The maximum absolute atomic E-state index is 15.3. The first-order chi connectivity index (χ1) is 26.6. The van der Waals surface area contributed by atoms with E-state index in [1.807, 2.05) is 84.5 Å². The van der Waals surface area contributed by atoms with Gasteiger partial charge in [-0.25, -0.2) is 23.6 Å². The molecule has 4 aromatic heterocycles. The number of anilines is 1. The normalized spacial score (nSPS) is 23.2. The number of benzene rings is 3. The average Bonchev–Trinajstić information content (AvgIpc) is 3.82. The van der Waals surface area contributed by atoms with Gasteiger partial charge in [-0.05, 0) is 91.2 Å². The van der Waals surface area contributed by atoms with Gasteiger partial charge in [-0.1, -0.05) is 91.0 Å². The largest absolute Gasteiger partial charge is 0.466 e. The number of hydrogen-bond acceptors (Lipinski definition) is 7. The van der Waals surface area contributed by atoms with E-state index in [1.54, 1.807) is 4.52 Å². The minimum atomic E-state index is -1.00. The molecule has 6 atom stereocenters. The molecule has 3 aromatic carbocycles. The number of fused-ring (bicyclic) bond motifs is 4. The lowest BCUT2D eigenvalue weighted by Crippen LogP contribution is -2.62. The molecule has 4 aliphatic carbocycles. The van der Waals surface area contributed by atoms with E-state index >= 15 is 4.39 Å². The number of rotatable bonds is 9. The summed E-state index contributed by atoms with van der Waals surface area (Å²) >= 11 is 0. The predicted octanol–water partition coefficient (Wildman–Crippen LogP) is 8.15. The molecule has 54 heavy (non-hydrogen) atoms. The number of halogens is 1. The zero-order valence-corrected chi connectivity index (χ0v) is 29.9. The van der Waals surface area contributed by atoms with Crippen LogP contribution in [0.3, 0.4) is 0 Å². The molecule has 11 rings (SSSR count). The number of ether oxygens (including phenoxy) is 1. The summed E-state index contributed by atoms with van der Waals surface area (Å²) in [7, 11) is 0. The maximum atomic E-state index is 15.3. The van der Waals surface area contributed by atoms with Crippen molar-refractivity contribution in [2.24, 2.45) is 29.6 Å². The maximum Gasteiger partial charge on any atom is 0.311 e. The van der Waals surface area contributed by atoms with E-state index in [0.29, 0.717) is 58.6 Å². The van der Waals surface area contributed by atoms with Gasteiger partial charge in [0.15, 0.2) is 11.5 Å². The van der Waals surface area contributed by atoms with Gasteiger partial charge in [-0.3, -0.25) is 4.79 Å². The minimum absolute atomic E-state index is 0.124. The third-order valence-electron chi connectivity index (χ3n) is 12.5. The molecule has 0 amide bonds. The van der Waals surface area contributed by atoms with Crippen LogP contribution in [-0.4, -0.2) is 48.0 Å². The van der Waals surface area contributed by atoms with Crippen molar-refractivity contribution in [1.29, 1.82) is 0 Å². The van der Waals surface area contributed by atoms with Gasteiger partial charge in [-0.2, -0.15) is 5.10 Å². The zero-order valence-electron chi connectivity index (χ0n) is 29.9.